The zero-order valence-corrected chi connectivity index (χ0v) is 32.0. The van der Waals surface area contributed by atoms with Gasteiger partial charge in [-0.25, -0.2) is 0 Å². The molecule has 8 aliphatic rings. The van der Waals surface area contributed by atoms with Crippen LogP contribution in [-0.2, 0) is 47.4 Å². The number of carbonyl (C=O) groups is 1. The fraction of sp³-hybridized carbons (Fsp3) is 0.878. The molecule has 53 heavy (non-hydrogen) atoms. The fourth-order valence-corrected chi connectivity index (χ4v) is 11.1. The van der Waals surface area contributed by atoms with Gasteiger partial charge < -0.3 is 53.5 Å². The highest BCUT2D eigenvalue weighted by Gasteiger charge is 2.61. The van der Waals surface area contributed by atoms with E-state index in [0.29, 0.717) is 57.4 Å². The molecule has 1 spiro atoms. The first-order valence-electron chi connectivity index (χ1n) is 20.5. The molecule has 0 aliphatic carbocycles. The summed E-state index contributed by atoms with van der Waals surface area (Å²) in [6.07, 6.45) is 6.24. The molecule has 8 saturated heterocycles. The summed E-state index contributed by atoms with van der Waals surface area (Å²) in [6, 6.07) is 0. The molecule has 0 saturated carbocycles. The van der Waals surface area contributed by atoms with E-state index in [9.17, 15) is 4.79 Å². The number of carbonyl (C=O) groups excluding carboxylic acids is 1. The first-order valence-corrected chi connectivity index (χ1v) is 20.5. The van der Waals surface area contributed by atoms with Gasteiger partial charge in [0.1, 0.15) is 11.9 Å². The smallest absolute Gasteiger partial charge is 0.188 e. The minimum atomic E-state index is -0.876. The normalized spacial score (nSPS) is 49.6. The van der Waals surface area contributed by atoms with Crippen molar-refractivity contribution in [2.45, 2.75) is 194 Å². The van der Waals surface area contributed by atoms with Crippen molar-refractivity contribution >= 4 is 5.78 Å². The zero-order chi connectivity index (χ0) is 37.0. The fourth-order valence-electron chi connectivity index (χ4n) is 11.1. The highest BCUT2D eigenvalue weighted by molar-refractivity contribution is 5.79. The van der Waals surface area contributed by atoms with Crippen LogP contribution in [-0.4, -0.2) is 129 Å². The number of nitrogens with two attached hydrogens (primary N) is 1. The predicted molar refractivity (Wildman–Crippen MR) is 194 cm³/mol. The van der Waals surface area contributed by atoms with Crippen molar-refractivity contribution in [1.82, 2.24) is 0 Å². The summed E-state index contributed by atoms with van der Waals surface area (Å²) < 4.78 is 59.1. The second-order valence-corrected chi connectivity index (χ2v) is 17.5. The standard InChI is InChI=1S/C41H63NO11/c1-21-12-25-6-8-31-22(2)13-27(47-31)10-11-41-19-30(44)39(53-41)36-18-37(52-41)40-32(50-36)9-7-26(49-40)14-24(43)15-29-34(17-33(48-25)23(21)3)51-35(38(29)46-5)16-28(20-42)45-4/h21,25-40,44H,2-3,6-20,42H2,1,4-5H3/p+1/t21-,25+,26-,27+,28+,29+,30-,31+,32+,33-,34+,35-,36?,37-,38-,39+,40+,41-/m1/s1. The Morgan fingerprint density at radius 2 is 1.62 bits per heavy atom. The van der Waals surface area contributed by atoms with Gasteiger partial charge in [-0.1, -0.05) is 20.1 Å². The SMILES string of the molecule is C=C1C[C@@H]2CC[C@]34C[C@@H]([OH2+])[C@H](O3)C3C[C@@H](O4)[C@H]4O[C@H](CC[C@@H]4O3)CC(=O)C[C@@H]3[C@@H](OC)[C@@H](C[C@@H](CN)OC)O[C@H]3C[C@H]3O[C@@H](CC[C@@H]1O2)C[C@@H](C)C3=C. The van der Waals surface area contributed by atoms with Gasteiger partial charge in [0.2, 0.25) is 0 Å². The Bertz CT molecular complexity index is 1340. The first kappa shape index (κ1) is 38.6. The molecule has 10 bridgehead atoms. The Labute approximate surface area is 314 Å². The highest BCUT2D eigenvalue weighted by atomic mass is 16.7. The highest BCUT2D eigenvalue weighted by Crippen LogP contribution is 2.49. The van der Waals surface area contributed by atoms with E-state index in [-0.39, 0.29) is 97.2 Å². The molecular weight excluding hydrogens is 682 g/mol. The Hall–Kier alpha value is -1.29. The predicted octanol–water partition coefficient (Wildman–Crippen LogP) is 3.81. The molecule has 1 unspecified atom stereocenters. The molecule has 0 aromatic rings. The molecule has 12 heteroatoms. The van der Waals surface area contributed by atoms with Crippen molar-refractivity contribution in [2.75, 3.05) is 20.8 Å². The largest absolute Gasteiger partial charge is 0.441 e. The van der Waals surface area contributed by atoms with E-state index in [1.807, 2.05) is 0 Å². The number of Topliss-reactive ketones (excluding diaryl/α,β-unsaturated/α-hetero) is 1. The van der Waals surface area contributed by atoms with Crippen LogP contribution >= 0.6 is 0 Å². The molecule has 8 fully saturated rings. The van der Waals surface area contributed by atoms with Gasteiger partial charge in [-0.3, -0.25) is 4.79 Å². The summed E-state index contributed by atoms with van der Waals surface area (Å²) in [6.45, 7) is 11.5. The Morgan fingerprint density at radius 1 is 0.830 bits per heavy atom. The molecule has 0 aromatic heterocycles. The van der Waals surface area contributed by atoms with Crippen LogP contribution in [0.4, 0.5) is 0 Å². The van der Waals surface area contributed by atoms with Crippen molar-refractivity contribution < 1.29 is 52.5 Å². The number of rotatable bonds is 5. The lowest BCUT2D eigenvalue weighted by Gasteiger charge is -2.47. The maximum Gasteiger partial charge on any atom is 0.188 e. The van der Waals surface area contributed by atoms with Crippen molar-refractivity contribution in [3.63, 3.8) is 0 Å². The van der Waals surface area contributed by atoms with E-state index in [1.165, 1.54) is 0 Å². The monoisotopic (exact) mass is 746 g/mol. The van der Waals surface area contributed by atoms with Gasteiger partial charge in [-0.15, -0.1) is 0 Å². The van der Waals surface area contributed by atoms with Crippen molar-refractivity contribution in [1.29, 1.82) is 0 Å². The van der Waals surface area contributed by atoms with Crippen LogP contribution in [0.15, 0.2) is 24.3 Å². The second kappa shape index (κ2) is 15.9. The molecule has 0 amide bonds. The molecule has 12 nitrogen and oxygen atoms in total. The summed E-state index contributed by atoms with van der Waals surface area (Å²) in [4.78, 5) is 14.1. The average molecular weight is 747 g/mol. The quantitative estimate of drug-likeness (QED) is 0.324. The van der Waals surface area contributed by atoms with Crippen LogP contribution in [0.5, 0.6) is 0 Å². The molecule has 298 valence electrons. The Kier molecular flexibility index (Phi) is 11.6. The van der Waals surface area contributed by atoms with Crippen molar-refractivity contribution in [3.8, 4) is 0 Å². The van der Waals surface area contributed by atoms with E-state index in [2.05, 4.69) is 20.1 Å². The van der Waals surface area contributed by atoms with Crippen molar-refractivity contribution in [2.24, 2.45) is 17.6 Å². The summed E-state index contributed by atoms with van der Waals surface area (Å²) in [5.41, 5.74) is 8.25. The number of hydrogen-bond donors (Lipinski definition) is 1. The van der Waals surface area contributed by atoms with Crippen LogP contribution in [0.3, 0.4) is 0 Å². The van der Waals surface area contributed by atoms with E-state index in [1.54, 1.807) is 14.2 Å². The number of ether oxygens (including phenoxy) is 9. The molecule has 18 atom stereocenters. The van der Waals surface area contributed by atoms with Crippen LogP contribution < -0.4 is 5.73 Å². The lowest BCUT2D eigenvalue weighted by molar-refractivity contribution is -0.277. The summed E-state index contributed by atoms with van der Waals surface area (Å²) in [5.74, 6) is -0.619. The zero-order valence-electron chi connectivity index (χ0n) is 32.0. The molecule has 0 radical (unpaired) electrons. The van der Waals surface area contributed by atoms with Crippen LogP contribution in [0.2, 0.25) is 0 Å². The summed E-state index contributed by atoms with van der Waals surface area (Å²) in [7, 11) is 3.37. The van der Waals surface area contributed by atoms with Crippen LogP contribution in [0.25, 0.3) is 0 Å². The Morgan fingerprint density at radius 3 is 2.42 bits per heavy atom. The molecule has 8 heterocycles. The maximum atomic E-state index is 14.1. The Balaban J connectivity index is 1.06. The van der Waals surface area contributed by atoms with Gasteiger partial charge in [0.25, 0.3) is 0 Å². The molecule has 0 aromatic carbocycles. The molecular formula is C41H64NO11+. The molecule has 8 rings (SSSR count). The number of fused-ring (bicyclic) bond motifs is 9. The minimum Gasteiger partial charge on any atom is -0.441 e. The van der Waals surface area contributed by atoms with Gasteiger partial charge in [-0.2, -0.15) is 0 Å². The topological polar surface area (TPSA) is 149 Å². The van der Waals surface area contributed by atoms with Crippen LogP contribution in [0.1, 0.15) is 96.8 Å². The minimum absolute atomic E-state index is 0.0249. The number of ketones is 1. The first-order chi connectivity index (χ1) is 25.5. The van der Waals surface area contributed by atoms with E-state index >= 15 is 0 Å². The molecule has 8 aliphatic heterocycles. The average Bonchev–Trinajstić information content (AvgIpc) is 3.74. The third-order valence-corrected chi connectivity index (χ3v) is 13.9. The van der Waals surface area contributed by atoms with Gasteiger partial charge in [0.05, 0.1) is 79.7 Å². The van der Waals surface area contributed by atoms with Crippen molar-refractivity contribution in [3.05, 3.63) is 24.3 Å². The maximum absolute atomic E-state index is 14.1. The van der Waals surface area contributed by atoms with Gasteiger partial charge >= 0.3 is 0 Å². The van der Waals surface area contributed by atoms with Gasteiger partial charge in [0, 0.05) is 65.2 Å². The van der Waals surface area contributed by atoms with Gasteiger partial charge in [-0.05, 0) is 62.0 Å². The molecule has 4 N–H and O–H groups in total. The lowest BCUT2D eigenvalue weighted by Crippen LogP contribution is -2.58. The van der Waals surface area contributed by atoms with Crippen LogP contribution in [0, 0.1) is 11.8 Å². The number of methoxy groups -OCH3 is 2. The number of hydrogen-bond acceptors (Lipinski definition) is 11. The van der Waals surface area contributed by atoms with E-state index in [0.717, 1.165) is 56.1 Å². The lowest BCUT2D eigenvalue weighted by atomic mass is 9.81. The van der Waals surface area contributed by atoms with E-state index in [4.69, 9.17) is 53.5 Å². The van der Waals surface area contributed by atoms with Gasteiger partial charge in [0.15, 0.2) is 18.0 Å². The summed E-state index contributed by atoms with van der Waals surface area (Å²) in [5, 5.41) is 8.93. The van der Waals surface area contributed by atoms with E-state index < -0.39 is 11.9 Å². The third-order valence-electron chi connectivity index (χ3n) is 13.9. The second-order valence-electron chi connectivity index (χ2n) is 17.5. The third kappa shape index (κ3) is 7.86. The summed E-state index contributed by atoms with van der Waals surface area (Å²) >= 11 is 0.